The van der Waals surface area contributed by atoms with Crippen LogP contribution >= 0.6 is 15.9 Å². The maximum atomic E-state index is 13.7. The Morgan fingerprint density at radius 3 is 3.00 bits per heavy atom. The van der Waals surface area contributed by atoms with Crippen molar-refractivity contribution >= 4 is 27.6 Å². The van der Waals surface area contributed by atoms with Crippen LogP contribution in [0.5, 0.6) is 5.75 Å². The van der Waals surface area contributed by atoms with E-state index in [1.54, 1.807) is 18.1 Å². The lowest BCUT2D eigenvalue weighted by Gasteiger charge is -2.18. The first-order valence-electron chi connectivity index (χ1n) is 7.24. The molecule has 0 unspecified atom stereocenters. The number of methoxy groups -OCH3 is 1. The van der Waals surface area contributed by atoms with Gasteiger partial charge >= 0.3 is 6.03 Å². The highest BCUT2D eigenvalue weighted by Gasteiger charge is 2.25. The molecule has 0 spiro atoms. The van der Waals surface area contributed by atoms with Crippen molar-refractivity contribution in [2.24, 2.45) is 0 Å². The molecule has 2 amide bonds. The fourth-order valence-corrected chi connectivity index (χ4v) is 3.04. The third-order valence-corrected chi connectivity index (χ3v) is 4.45. The van der Waals surface area contributed by atoms with Gasteiger partial charge in [-0.05, 0) is 57.7 Å². The van der Waals surface area contributed by atoms with Crippen LogP contribution in [0.15, 0.2) is 40.9 Å². The van der Waals surface area contributed by atoms with E-state index in [4.69, 9.17) is 4.74 Å². The lowest BCUT2D eigenvalue weighted by atomic mass is 10.2. The summed E-state index contributed by atoms with van der Waals surface area (Å²) in [6.45, 7) is 0.941. The van der Waals surface area contributed by atoms with E-state index in [0.717, 1.165) is 23.3 Å². The number of carbonyl (C=O) groups is 1. The summed E-state index contributed by atoms with van der Waals surface area (Å²) in [5, 5.41) is 2.86. The molecule has 2 aromatic carbocycles. The van der Waals surface area contributed by atoms with Crippen molar-refractivity contribution in [3.05, 3.63) is 57.8 Å². The first kappa shape index (κ1) is 15.8. The summed E-state index contributed by atoms with van der Waals surface area (Å²) in [5.41, 5.74) is 2.54. The molecule has 6 heteroatoms. The Kier molecular flexibility index (Phi) is 4.52. The van der Waals surface area contributed by atoms with Gasteiger partial charge in [-0.2, -0.15) is 0 Å². The fourth-order valence-electron chi connectivity index (χ4n) is 2.65. The van der Waals surface area contributed by atoms with Gasteiger partial charge in [0.05, 0.1) is 17.3 Å². The number of benzene rings is 2. The van der Waals surface area contributed by atoms with Crippen LogP contribution in [0.2, 0.25) is 0 Å². The van der Waals surface area contributed by atoms with Crippen molar-refractivity contribution in [2.75, 3.05) is 18.6 Å². The minimum absolute atomic E-state index is 0.228. The summed E-state index contributed by atoms with van der Waals surface area (Å²) in [7, 11) is 1.60. The molecule has 0 aromatic heterocycles. The summed E-state index contributed by atoms with van der Waals surface area (Å²) in [6, 6.07) is 10.4. The number of fused-ring (bicyclic) bond motifs is 1. The van der Waals surface area contributed by atoms with Gasteiger partial charge in [0.2, 0.25) is 0 Å². The highest BCUT2D eigenvalue weighted by molar-refractivity contribution is 9.10. The van der Waals surface area contributed by atoms with Crippen LogP contribution in [0.4, 0.5) is 14.9 Å². The average molecular weight is 379 g/mol. The number of ether oxygens (including phenoxy) is 1. The molecule has 23 heavy (non-hydrogen) atoms. The first-order valence-corrected chi connectivity index (χ1v) is 8.04. The molecule has 120 valence electrons. The summed E-state index contributed by atoms with van der Waals surface area (Å²) in [5.74, 6) is 0.381. The Balaban J connectivity index is 1.70. The van der Waals surface area contributed by atoms with E-state index in [0.29, 0.717) is 23.2 Å². The largest absolute Gasteiger partial charge is 0.497 e. The molecule has 0 radical (unpaired) electrons. The van der Waals surface area contributed by atoms with Crippen LogP contribution in [0.25, 0.3) is 0 Å². The van der Waals surface area contributed by atoms with Crippen LogP contribution in [-0.4, -0.2) is 19.7 Å². The number of anilines is 1. The second-order valence-electron chi connectivity index (χ2n) is 5.31. The predicted molar refractivity (Wildman–Crippen MR) is 90.4 cm³/mol. The maximum Gasteiger partial charge on any atom is 0.322 e. The summed E-state index contributed by atoms with van der Waals surface area (Å²) in [6.07, 6.45) is 0.723. The summed E-state index contributed by atoms with van der Waals surface area (Å²) in [4.78, 5) is 14.0. The van der Waals surface area contributed by atoms with Gasteiger partial charge in [-0.25, -0.2) is 9.18 Å². The molecule has 1 aliphatic heterocycles. The number of hydrogen-bond acceptors (Lipinski definition) is 2. The monoisotopic (exact) mass is 378 g/mol. The molecular formula is C17H16BrFN2O2. The number of amides is 2. The number of hydrogen-bond donors (Lipinski definition) is 1. The van der Waals surface area contributed by atoms with E-state index >= 15 is 0 Å². The molecule has 3 rings (SSSR count). The molecular weight excluding hydrogens is 363 g/mol. The normalized spacial score (nSPS) is 12.9. The Morgan fingerprint density at radius 1 is 1.39 bits per heavy atom. The maximum absolute atomic E-state index is 13.7. The van der Waals surface area contributed by atoms with E-state index in [2.05, 4.69) is 21.2 Å². The van der Waals surface area contributed by atoms with Gasteiger partial charge < -0.3 is 10.1 Å². The molecule has 1 N–H and O–H groups in total. The highest BCUT2D eigenvalue weighted by Crippen LogP contribution is 2.32. The molecule has 0 saturated carbocycles. The number of halogens is 2. The number of nitrogens with one attached hydrogen (secondary N) is 1. The Bertz CT molecular complexity index is 751. The zero-order valence-corrected chi connectivity index (χ0v) is 14.2. The quantitative estimate of drug-likeness (QED) is 0.880. The molecule has 0 bridgehead atoms. The smallest absolute Gasteiger partial charge is 0.322 e. The van der Waals surface area contributed by atoms with Gasteiger partial charge in [-0.3, -0.25) is 4.90 Å². The Hall–Kier alpha value is -2.08. The summed E-state index contributed by atoms with van der Waals surface area (Å²) >= 11 is 3.17. The van der Waals surface area contributed by atoms with E-state index in [9.17, 15) is 9.18 Å². The molecule has 4 nitrogen and oxygen atoms in total. The van der Waals surface area contributed by atoms with Crippen molar-refractivity contribution in [3.8, 4) is 5.75 Å². The first-order chi connectivity index (χ1) is 11.1. The number of urea groups is 1. The standard InChI is InChI=1S/C17H16BrFN2O2/c1-23-13-4-2-3-11(7-13)10-20-17(22)21-6-5-12-8-14(18)15(19)9-16(12)21/h2-4,7-9H,5-6,10H2,1H3,(H,20,22). The van der Waals surface area contributed by atoms with E-state index < -0.39 is 0 Å². The fraction of sp³-hybridized carbons (Fsp3) is 0.235. The molecule has 0 atom stereocenters. The second-order valence-corrected chi connectivity index (χ2v) is 6.16. The highest BCUT2D eigenvalue weighted by atomic mass is 79.9. The van der Waals surface area contributed by atoms with E-state index in [-0.39, 0.29) is 11.8 Å². The van der Waals surface area contributed by atoms with Gasteiger partial charge in [0.1, 0.15) is 11.6 Å². The predicted octanol–water partition coefficient (Wildman–Crippen LogP) is 3.87. The van der Waals surface area contributed by atoms with Gasteiger partial charge in [0, 0.05) is 13.1 Å². The number of carbonyl (C=O) groups excluding carboxylic acids is 1. The zero-order chi connectivity index (χ0) is 16.4. The van der Waals surface area contributed by atoms with Crippen molar-refractivity contribution in [1.82, 2.24) is 5.32 Å². The third kappa shape index (κ3) is 3.32. The molecule has 0 fully saturated rings. The van der Waals surface area contributed by atoms with Crippen LogP contribution in [0.1, 0.15) is 11.1 Å². The van der Waals surface area contributed by atoms with Crippen molar-refractivity contribution < 1.29 is 13.9 Å². The molecule has 0 aliphatic carbocycles. The van der Waals surface area contributed by atoms with Crippen molar-refractivity contribution in [1.29, 1.82) is 0 Å². The van der Waals surface area contributed by atoms with Gasteiger partial charge in [-0.15, -0.1) is 0 Å². The SMILES string of the molecule is COc1cccc(CNC(=O)N2CCc3cc(Br)c(F)cc32)c1. The van der Waals surface area contributed by atoms with Gasteiger partial charge in [-0.1, -0.05) is 12.1 Å². The van der Waals surface area contributed by atoms with Crippen molar-refractivity contribution in [3.63, 3.8) is 0 Å². The van der Waals surface area contributed by atoms with Crippen molar-refractivity contribution in [2.45, 2.75) is 13.0 Å². The van der Waals surface area contributed by atoms with Gasteiger partial charge in [0.25, 0.3) is 0 Å². The van der Waals surface area contributed by atoms with Gasteiger partial charge in [0.15, 0.2) is 0 Å². The minimum atomic E-state index is -0.365. The van der Waals surface area contributed by atoms with Crippen LogP contribution in [-0.2, 0) is 13.0 Å². The summed E-state index contributed by atoms with van der Waals surface area (Å²) < 4.78 is 19.3. The second kappa shape index (κ2) is 6.58. The minimum Gasteiger partial charge on any atom is -0.497 e. The number of rotatable bonds is 3. The van der Waals surface area contributed by atoms with Crippen LogP contribution < -0.4 is 15.0 Å². The van der Waals surface area contributed by atoms with Crippen LogP contribution in [0, 0.1) is 5.82 Å². The Labute approximate surface area is 142 Å². The third-order valence-electron chi connectivity index (χ3n) is 3.84. The van der Waals surface area contributed by atoms with E-state index in [1.807, 2.05) is 24.3 Å². The average Bonchev–Trinajstić information content (AvgIpc) is 2.96. The Morgan fingerprint density at radius 2 is 2.22 bits per heavy atom. The molecule has 1 heterocycles. The molecule has 2 aromatic rings. The molecule has 1 aliphatic rings. The lowest BCUT2D eigenvalue weighted by Crippen LogP contribution is -2.38. The lowest BCUT2D eigenvalue weighted by molar-refractivity contribution is 0.246. The molecule has 0 saturated heterocycles. The topological polar surface area (TPSA) is 41.6 Å². The number of nitrogens with zero attached hydrogens (tertiary/aromatic N) is 1. The zero-order valence-electron chi connectivity index (χ0n) is 12.6. The van der Waals surface area contributed by atoms with Crippen LogP contribution in [0.3, 0.4) is 0 Å². The van der Waals surface area contributed by atoms with E-state index in [1.165, 1.54) is 6.07 Å².